The van der Waals surface area contributed by atoms with Crippen molar-refractivity contribution >= 4 is 0 Å². The van der Waals surface area contributed by atoms with Gasteiger partial charge in [0.2, 0.25) is 0 Å². The maximum Gasteiger partial charge on any atom is 0.148 e. The van der Waals surface area contributed by atoms with Crippen molar-refractivity contribution < 1.29 is 5.11 Å². The fourth-order valence-corrected chi connectivity index (χ4v) is 1.10. The largest absolute Gasteiger partial charge is 0.390 e. The zero-order valence-electron chi connectivity index (χ0n) is 7.70. The summed E-state index contributed by atoms with van der Waals surface area (Å²) in [5, 5.41) is 20.3. The first-order valence-electron chi connectivity index (χ1n) is 4.12. The molecule has 0 bridgehead atoms. The Balaban J connectivity index is 2.15. The quantitative estimate of drug-likeness (QED) is 0.674. The second-order valence-electron chi connectivity index (χ2n) is 2.87. The topological polar surface area (TPSA) is 81.7 Å². The summed E-state index contributed by atoms with van der Waals surface area (Å²) in [6.07, 6.45) is 3.16. The molecule has 0 radical (unpaired) electrons. The molecule has 0 aliphatic heterocycles. The highest BCUT2D eigenvalue weighted by Gasteiger charge is 2.03. The van der Waals surface area contributed by atoms with Crippen LogP contribution in [-0.4, -0.2) is 34.9 Å². The second kappa shape index (κ2) is 3.54. The van der Waals surface area contributed by atoms with Gasteiger partial charge in [-0.3, -0.25) is 4.68 Å². The molecule has 74 valence electrons. The minimum absolute atomic E-state index is 0.0984. The SMILES string of the molecule is Cn1ncnc1Cn1cc(CO)nn1. The van der Waals surface area contributed by atoms with E-state index in [1.165, 1.54) is 6.33 Å². The zero-order valence-corrected chi connectivity index (χ0v) is 7.70. The molecule has 0 unspecified atom stereocenters. The van der Waals surface area contributed by atoms with E-state index in [1.54, 1.807) is 15.6 Å². The monoisotopic (exact) mass is 194 g/mol. The Kier molecular flexibility index (Phi) is 2.23. The number of aliphatic hydroxyl groups excluding tert-OH is 1. The summed E-state index contributed by atoms with van der Waals surface area (Å²) in [5.41, 5.74) is 0.548. The summed E-state index contributed by atoms with van der Waals surface area (Å²) in [6, 6.07) is 0. The van der Waals surface area contributed by atoms with Gasteiger partial charge in [-0.2, -0.15) is 5.10 Å². The summed E-state index contributed by atoms with van der Waals surface area (Å²) in [5.74, 6) is 0.791. The Morgan fingerprint density at radius 3 is 2.93 bits per heavy atom. The Morgan fingerprint density at radius 1 is 1.50 bits per heavy atom. The van der Waals surface area contributed by atoms with Crippen LogP contribution < -0.4 is 0 Å². The van der Waals surface area contributed by atoms with E-state index in [-0.39, 0.29) is 6.61 Å². The summed E-state index contributed by atoms with van der Waals surface area (Å²) < 4.78 is 3.27. The first-order valence-corrected chi connectivity index (χ1v) is 4.12. The minimum Gasteiger partial charge on any atom is -0.390 e. The van der Waals surface area contributed by atoms with Gasteiger partial charge in [0.25, 0.3) is 0 Å². The molecule has 14 heavy (non-hydrogen) atoms. The highest BCUT2D eigenvalue weighted by Crippen LogP contribution is 1.97. The van der Waals surface area contributed by atoms with Crippen molar-refractivity contribution in [1.82, 2.24) is 29.8 Å². The van der Waals surface area contributed by atoms with Gasteiger partial charge in [0.15, 0.2) is 0 Å². The molecule has 2 heterocycles. The van der Waals surface area contributed by atoms with Crippen LogP contribution in [0.4, 0.5) is 0 Å². The van der Waals surface area contributed by atoms with Crippen LogP contribution >= 0.6 is 0 Å². The summed E-state index contributed by atoms with van der Waals surface area (Å²) >= 11 is 0. The molecule has 0 fully saturated rings. The van der Waals surface area contributed by atoms with Crippen molar-refractivity contribution in [1.29, 1.82) is 0 Å². The van der Waals surface area contributed by atoms with Crippen molar-refractivity contribution in [2.24, 2.45) is 7.05 Å². The zero-order chi connectivity index (χ0) is 9.97. The summed E-state index contributed by atoms with van der Waals surface area (Å²) in [7, 11) is 1.81. The third-order valence-corrected chi connectivity index (χ3v) is 1.86. The molecule has 0 aromatic carbocycles. The molecule has 0 saturated carbocycles. The van der Waals surface area contributed by atoms with Crippen molar-refractivity contribution in [2.45, 2.75) is 13.2 Å². The van der Waals surface area contributed by atoms with Gasteiger partial charge in [0, 0.05) is 7.05 Å². The molecule has 0 spiro atoms. The highest BCUT2D eigenvalue weighted by molar-refractivity contribution is 4.92. The van der Waals surface area contributed by atoms with E-state index in [0.29, 0.717) is 12.2 Å². The van der Waals surface area contributed by atoms with Crippen molar-refractivity contribution in [3.63, 3.8) is 0 Å². The van der Waals surface area contributed by atoms with Gasteiger partial charge in [-0.25, -0.2) is 9.67 Å². The maximum absolute atomic E-state index is 8.78. The van der Waals surface area contributed by atoms with E-state index in [0.717, 1.165) is 5.82 Å². The van der Waals surface area contributed by atoms with Gasteiger partial charge in [-0.15, -0.1) is 5.10 Å². The average molecular weight is 194 g/mol. The molecule has 0 aliphatic carbocycles. The van der Waals surface area contributed by atoms with Gasteiger partial charge in [-0.1, -0.05) is 5.21 Å². The fraction of sp³-hybridized carbons (Fsp3) is 0.429. The molecule has 2 rings (SSSR count). The number of aromatic nitrogens is 6. The highest BCUT2D eigenvalue weighted by atomic mass is 16.3. The third-order valence-electron chi connectivity index (χ3n) is 1.86. The van der Waals surface area contributed by atoms with Gasteiger partial charge in [-0.05, 0) is 0 Å². The van der Waals surface area contributed by atoms with Gasteiger partial charge >= 0.3 is 0 Å². The molecule has 7 nitrogen and oxygen atoms in total. The predicted molar refractivity (Wildman–Crippen MR) is 46.0 cm³/mol. The molecule has 7 heteroatoms. The number of nitrogens with zero attached hydrogens (tertiary/aromatic N) is 6. The smallest absolute Gasteiger partial charge is 0.148 e. The fourth-order valence-electron chi connectivity index (χ4n) is 1.10. The molecular weight excluding hydrogens is 184 g/mol. The molecular formula is C7H10N6O. The van der Waals surface area contributed by atoms with E-state index < -0.39 is 0 Å². The molecule has 0 atom stereocenters. The number of aryl methyl sites for hydroxylation is 1. The van der Waals surface area contributed by atoms with Crippen LogP contribution in [0.2, 0.25) is 0 Å². The number of rotatable bonds is 3. The third kappa shape index (κ3) is 1.62. The Hall–Kier alpha value is -1.76. The van der Waals surface area contributed by atoms with Gasteiger partial charge in [0.1, 0.15) is 24.4 Å². The molecule has 0 aliphatic rings. The minimum atomic E-state index is -0.0984. The van der Waals surface area contributed by atoms with Crippen LogP contribution in [0.1, 0.15) is 11.5 Å². The lowest BCUT2D eigenvalue weighted by Crippen LogP contribution is -2.07. The van der Waals surface area contributed by atoms with Crippen molar-refractivity contribution in [3.8, 4) is 0 Å². The van der Waals surface area contributed by atoms with Crippen molar-refractivity contribution in [3.05, 3.63) is 24.0 Å². The lowest BCUT2D eigenvalue weighted by atomic mass is 10.5. The standard InChI is InChI=1S/C7H10N6O/c1-12-7(8-5-9-12)3-13-2-6(4-14)10-11-13/h2,5,14H,3-4H2,1H3. The van der Waals surface area contributed by atoms with E-state index in [1.807, 2.05) is 7.05 Å². The van der Waals surface area contributed by atoms with Crippen LogP contribution in [0.25, 0.3) is 0 Å². The molecule has 1 N–H and O–H groups in total. The van der Waals surface area contributed by atoms with E-state index >= 15 is 0 Å². The van der Waals surface area contributed by atoms with Gasteiger partial charge in [0.05, 0.1) is 12.8 Å². The van der Waals surface area contributed by atoms with E-state index in [2.05, 4.69) is 20.4 Å². The lowest BCUT2D eigenvalue weighted by molar-refractivity contribution is 0.276. The number of aliphatic hydroxyl groups is 1. The van der Waals surface area contributed by atoms with Crippen LogP contribution in [0.5, 0.6) is 0 Å². The predicted octanol–water partition coefficient (Wildman–Crippen LogP) is -1.05. The summed E-state index contributed by atoms with van der Waals surface area (Å²) in [4.78, 5) is 4.05. The first kappa shape index (κ1) is 8.82. The summed E-state index contributed by atoms with van der Waals surface area (Å²) in [6.45, 7) is 0.405. The van der Waals surface area contributed by atoms with Crippen LogP contribution in [0.15, 0.2) is 12.5 Å². The average Bonchev–Trinajstić information content (AvgIpc) is 2.77. The molecule has 2 aromatic heterocycles. The van der Waals surface area contributed by atoms with E-state index in [9.17, 15) is 0 Å². The molecule has 2 aromatic rings. The van der Waals surface area contributed by atoms with E-state index in [4.69, 9.17) is 5.11 Å². The van der Waals surface area contributed by atoms with Crippen LogP contribution in [0, 0.1) is 0 Å². The van der Waals surface area contributed by atoms with Crippen LogP contribution in [0.3, 0.4) is 0 Å². The van der Waals surface area contributed by atoms with Crippen molar-refractivity contribution in [2.75, 3.05) is 0 Å². The first-order chi connectivity index (χ1) is 6.79. The lowest BCUT2D eigenvalue weighted by Gasteiger charge is -1.98. The Morgan fingerprint density at radius 2 is 2.36 bits per heavy atom. The maximum atomic E-state index is 8.78. The van der Waals surface area contributed by atoms with Gasteiger partial charge < -0.3 is 5.11 Å². The normalized spacial score (nSPS) is 10.7. The second-order valence-corrected chi connectivity index (χ2v) is 2.87. The molecule has 0 saturated heterocycles. The Labute approximate surface area is 80.0 Å². The Bertz CT molecular complexity index is 419. The molecule has 0 amide bonds. The number of hydrogen-bond donors (Lipinski definition) is 1. The number of hydrogen-bond acceptors (Lipinski definition) is 5. The van der Waals surface area contributed by atoms with Crippen LogP contribution in [-0.2, 0) is 20.2 Å².